The van der Waals surface area contributed by atoms with Gasteiger partial charge in [0, 0.05) is 37.6 Å². The van der Waals surface area contributed by atoms with Crippen molar-refractivity contribution in [3.05, 3.63) is 28.2 Å². The van der Waals surface area contributed by atoms with Crippen molar-refractivity contribution in [2.45, 2.75) is 45.6 Å². The van der Waals surface area contributed by atoms with Crippen LogP contribution in [0.15, 0.2) is 18.2 Å². The van der Waals surface area contributed by atoms with Gasteiger partial charge in [-0.3, -0.25) is 4.79 Å². The molecule has 3 rings (SSSR count). The Morgan fingerprint density at radius 2 is 2.16 bits per heavy atom. The van der Waals surface area contributed by atoms with Crippen LogP contribution >= 0.6 is 22.9 Å². The van der Waals surface area contributed by atoms with Crippen molar-refractivity contribution in [2.75, 3.05) is 19.7 Å². The lowest BCUT2D eigenvalue weighted by Crippen LogP contribution is -2.41. The van der Waals surface area contributed by atoms with Gasteiger partial charge in [0.15, 0.2) is 0 Å². The van der Waals surface area contributed by atoms with E-state index in [9.17, 15) is 4.79 Å². The zero-order valence-corrected chi connectivity index (χ0v) is 16.4. The van der Waals surface area contributed by atoms with Crippen LogP contribution in [0.1, 0.15) is 38.1 Å². The maximum absolute atomic E-state index is 12.5. The highest BCUT2D eigenvalue weighted by Gasteiger charge is 2.23. The molecule has 1 aliphatic heterocycles. The summed E-state index contributed by atoms with van der Waals surface area (Å²) in [6.07, 6.45) is 3.40. The fourth-order valence-corrected chi connectivity index (χ4v) is 4.14. The Hall–Kier alpha value is -1.17. The zero-order valence-electron chi connectivity index (χ0n) is 14.8. The molecule has 2 heterocycles. The lowest BCUT2D eigenvalue weighted by atomic mass is 10.1. The molecule has 4 nitrogen and oxygen atoms in total. The molecule has 0 unspecified atom stereocenters. The molecule has 0 bridgehead atoms. The van der Waals surface area contributed by atoms with Gasteiger partial charge in [-0.1, -0.05) is 25.4 Å². The van der Waals surface area contributed by atoms with Crippen LogP contribution in [0.2, 0.25) is 5.02 Å². The smallest absolute Gasteiger partial charge is 0.222 e. The van der Waals surface area contributed by atoms with Crippen LogP contribution in [0, 0.1) is 5.92 Å². The molecule has 0 saturated carbocycles. The highest BCUT2D eigenvalue weighted by molar-refractivity contribution is 7.18. The van der Waals surface area contributed by atoms with E-state index in [0.29, 0.717) is 29.9 Å². The van der Waals surface area contributed by atoms with E-state index in [4.69, 9.17) is 16.3 Å². The van der Waals surface area contributed by atoms with E-state index in [0.717, 1.165) is 47.8 Å². The van der Waals surface area contributed by atoms with Gasteiger partial charge in [-0.15, -0.1) is 11.3 Å². The zero-order chi connectivity index (χ0) is 17.8. The van der Waals surface area contributed by atoms with E-state index < -0.39 is 0 Å². The molecule has 0 spiro atoms. The van der Waals surface area contributed by atoms with E-state index in [1.54, 1.807) is 11.3 Å². The average molecular weight is 381 g/mol. The van der Waals surface area contributed by atoms with Gasteiger partial charge < -0.3 is 9.64 Å². The Morgan fingerprint density at radius 3 is 2.88 bits per heavy atom. The van der Waals surface area contributed by atoms with Gasteiger partial charge >= 0.3 is 0 Å². The molecule has 0 aliphatic carbocycles. The van der Waals surface area contributed by atoms with Gasteiger partial charge in [0.2, 0.25) is 5.91 Å². The Kier molecular flexibility index (Phi) is 6.31. The maximum atomic E-state index is 12.5. The average Bonchev–Trinajstić information content (AvgIpc) is 3.00. The van der Waals surface area contributed by atoms with Crippen molar-refractivity contribution in [1.82, 2.24) is 9.88 Å². The Balaban J connectivity index is 1.46. The van der Waals surface area contributed by atoms with Crippen molar-refractivity contribution in [2.24, 2.45) is 5.92 Å². The number of aromatic nitrogens is 1. The van der Waals surface area contributed by atoms with Crippen molar-refractivity contribution in [3.8, 4) is 0 Å². The third kappa shape index (κ3) is 5.16. The Labute approximate surface area is 158 Å². The van der Waals surface area contributed by atoms with Crippen LogP contribution < -0.4 is 0 Å². The molecule has 1 amide bonds. The molecule has 0 atom stereocenters. The molecule has 1 aliphatic rings. The van der Waals surface area contributed by atoms with Crippen molar-refractivity contribution in [1.29, 1.82) is 0 Å². The fourth-order valence-electron chi connectivity index (χ4n) is 3.03. The number of ether oxygens (including phenoxy) is 1. The lowest BCUT2D eigenvalue weighted by Gasteiger charge is -2.32. The summed E-state index contributed by atoms with van der Waals surface area (Å²) >= 11 is 7.65. The van der Waals surface area contributed by atoms with Gasteiger partial charge in [0.25, 0.3) is 0 Å². The predicted molar refractivity (Wildman–Crippen MR) is 103 cm³/mol. The largest absolute Gasteiger partial charge is 0.378 e. The predicted octanol–water partition coefficient (Wildman–Crippen LogP) is 4.55. The summed E-state index contributed by atoms with van der Waals surface area (Å²) in [6, 6.07) is 5.74. The summed E-state index contributed by atoms with van der Waals surface area (Å²) in [5.74, 6) is 0.781. The summed E-state index contributed by atoms with van der Waals surface area (Å²) in [4.78, 5) is 19.0. The summed E-state index contributed by atoms with van der Waals surface area (Å²) in [5.41, 5.74) is 0.920. The SMILES string of the molecule is CC(C)COC1CCN(C(=O)CCc2nc3cc(Cl)ccc3s2)CC1. The van der Waals surface area contributed by atoms with Gasteiger partial charge in [0.1, 0.15) is 0 Å². The molecule has 2 aromatic rings. The van der Waals surface area contributed by atoms with Gasteiger partial charge in [0.05, 0.1) is 21.3 Å². The molecule has 6 heteroatoms. The minimum absolute atomic E-state index is 0.222. The van der Waals surface area contributed by atoms with Gasteiger partial charge in [-0.05, 0) is 37.0 Å². The summed E-state index contributed by atoms with van der Waals surface area (Å²) in [7, 11) is 0. The third-order valence-corrected chi connectivity index (χ3v) is 5.74. The molecule has 25 heavy (non-hydrogen) atoms. The highest BCUT2D eigenvalue weighted by atomic mass is 35.5. The number of aryl methyl sites for hydroxylation is 1. The monoisotopic (exact) mass is 380 g/mol. The molecular formula is C19H25ClN2O2S. The summed E-state index contributed by atoms with van der Waals surface area (Å²) < 4.78 is 7.01. The number of halogens is 1. The highest BCUT2D eigenvalue weighted by Crippen LogP contribution is 2.26. The molecular weight excluding hydrogens is 356 g/mol. The van der Waals surface area contributed by atoms with Crippen LogP contribution in [0.5, 0.6) is 0 Å². The van der Waals surface area contributed by atoms with Crippen molar-refractivity contribution < 1.29 is 9.53 Å². The number of carbonyl (C=O) groups excluding carboxylic acids is 1. The fraction of sp³-hybridized carbons (Fsp3) is 0.579. The summed E-state index contributed by atoms with van der Waals surface area (Å²) in [5, 5.41) is 1.70. The molecule has 0 radical (unpaired) electrons. The first kappa shape index (κ1) is 18.6. The van der Waals surface area contributed by atoms with Crippen LogP contribution in [0.4, 0.5) is 0 Å². The number of nitrogens with zero attached hydrogens (tertiary/aromatic N) is 2. The van der Waals surface area contributed by atoms with Crippen LogP contribution in [-0.2, 0) is 16.0 Å². The standard InChI is InChI=1S/C19H25ClN2O2S/c1-13(2)12-24-15-7-9-22(10-8-15)19(23)6-5-18-21-16-11-14(20)3-4-17(16)25-18/h3-4,11,13,15H,5-10,12H2,1-2H3. The van der Waals surface area contributed by atoms with E-state index in [1.807, 2.05) is 23.1 Å². The van der Waals surface area contributed by atoms with Crippen LogP contribution in [0.3, 0.4) is 0 Å². The number of thiazole rings is 1. The second kappa shape index (κ2) is 8.47. The van der Waals surface area contributed by atoms with Crippen LogP contribution in [-0.4, -0.2) is 41.6 Å². The first-order valence-electron chi connectivity index (χ1n) is 8.95. The number of hydrogen-bond donors (Lipinski definition) is 0. The topological polar surface area (TPSA) is 42.4 Å². The maximum Gasteiger partial charge on any atom is 0.222 e. The number of amides is 1. The first-order chi connectivity index (χ1) is 12.0. The summed E-state index contributed by atoms with van der Waals surface area (Å²) in [6.45, 7) is 6.73. The number of benzene rings is 1. The molecule has 136 valence electrons. The Morgan fingerprint density at radius 1 is 1.40 bits per heavy atom. The minimum Gasteiger partial charge on any atom is -0.378 e. The normalized spacial score (nSPS) is 16.1. The number of fused-ring (bicyclic) bond motifs is 1. The van der Waals surface area contributed by atoms with Crippen molar-refractivity contribution in [3.63, 3.8) is 0 Å². The number of piperidine rings is 1. The molecule has 1 aromatic heterocycles. The first-order valence-corrected chi connectivity index (χ1v) is 10.1. The van der Waals surface area contributed by atoms with E-state index in [2.05, 4.69) is 18.8 Å². The second-order valence-corrected chi connectivity index (χ2v) is 8.58. The second-order valence-electron chi connectivity index (χ2n) is 7.03. The van der Waals surface area contributed by atoms with Crippen LogP contribution in [0.25, 0.3) is 10.2 Å². The lowest BCUT2D eigenvalue weighted by molar-refractivity contribution is -0.133. The van der Waals surface area contributed by atoms with Crippen molar-refractivity contribution >= 4 is 39.1 Å². The third-order valence-electron chi connectivity index (χ3n) is 4.41. The number of rotatable bonds is 6. The number of hydrogen-bond acceptors (Lipinski definition) is 4. The van der Waals surface area contributed by atoms with E-state index in [1.165, 1.54) is 0 Å². The molecule has 1 saturated heterocycles. The quantitative estimate of drug-likeness (QED) is 0.738. The Bertz CT molecular complexity index is 723. The van der Waals surface area contributed by atoms with Gasteiger partial charge in [-0.2, -0.15) is 0 Å². The van der Waals surface area contributed by atoms with E-state index >= 15 is 0 Å². The van der Waals surface area contributed by atoms with Gasteiger partial charge in [-0.25, -0.2) is 4.98 Å². The number of likely N-dealkylation sites (tertiary alicyclic amines) is 1. The molecule has 1 aromatic carbocycles. The molecule has 0 N–H and O–H groups in total. The minimum atomic E-state index is 0.222. The van der Waals surface area contributed by atoms with E-state index in [-0.39, 0.29) is 5.91 Å². The number of carbonyl (C=O) groups is 1. The molecule has 1 fully saturated rings.